The van der Waals surface area contributed by atoms with E-state index < -0.39 is 0 Å². The molecule has 2 rings (SSSR count). The van der Waals surface area contributed by atoms with Crippen LogP contribution >= 0.6 is 0 Å². The molecule has 1 saturated carbocycles. The van der Waals surface area contributed by atoms with Crippen LogP contribution in [0, 0.1) is 5.82 Å². The van der Waals surface area contributed by atoms with Gasteiger partial charge in [-0.3, -0.25) is 0 Å². The number of aliphatic hydroxyl groups excluding tert-OH is 1. The quantitative estimate of drug-likeness (QED) is 0.897. The first kappa shape index (κ1) is 13.3. The molecule has 0 spiro atoms. The van der Waals surface area contributed by atoms with E-state index in [2.05, 4.69) is 0 Å². The number of aliphatic hydroxyl groups is 1. The Morgan fingerprint density at radius 2 is 2.00 bits per heavy atom. The molecule has 0 heterocycles. The van der Waals surface area contributed by atoms with Crippen molar-refractivity contribution in [1.29, 1.82) is 0 Å². The number of hydrogen-bond acceptors (Lipinski definition) is 3. The van der Waals surface area contributed by atoms with Crippen molar-refractivity contribution in [2.45, 2.75) is 44.5 Å². The monoisotopic (exact) mass is 254 g/mol. The Kier molecular flexibility index (Phi) is 4.55. The molecule has 1 N–H and O–H groups in total. The molecule has 0 saturated heterocycles. The average Bonchev–Trinajstić information content (AvgIpc) is 2.38. The van der Waals surface area contributed by atoms with Crippen molar-refractivity contribution < 1.29 is 19.0 Å². The Labute approximate surface area is 107 Å². The number of benzene rings is 1. The molecule has 0 atom stereocenters. The Hall–Kier alpha value is -1.13. The largest absolute Gasteiger partial charge is 0.494 e. The number of ether oxygens (including phenoxy) is 2. The Balaban J connectivity index is 1.84. The van der Waals surface area contributed by atoms with Gasteiger partial charge in [0.25, 0.3) is 0 Å². The van der Waals surface area contributed by atoms with Gasteiger partial charge in [0.15, 0.2) is 11.6 Å². The van der Waals surface area contributed by atoms with Crippen molar-refractivity contribution in [2.24, 2.45) is 0 Å². The Bertz CT molecular complexity index is 387. The molecule has 1 aliphatic carbocycles. The number of halogens is 1. The summed E-state index contributed by atoms with van der Waals surface area (Å²) < 4.78 is 24.0. The molecule has 0 bridgehead atoms. The van der Waals surface area contributed by atoms with Gasteiger partial charge in [0, 0.05) is 0 Å². The van der Waals surface area contributed by atoms with Crippen molar-refractivity contribution in [2.75, 3.05) is 7.11 Å². The third kappa shape index (κ3) is 3.43. The van der Waals surface area contributed by atoms with Crippen LogP contribution < -0.4 is 4.74 Å². The second-order valence-electron chi connectivity index (χ2n) is 4.71. The molecule has 1 fully saturated rings. The molecule has 4 heteroatoms. The van der Waals surface area contributed by atoms with Crippen molar-refractivity contribution in [3.63, 3.8) is 0 Å². The number of methoxy groups -OCH3 is 1. The molecule has 1 aliphatic rings. The molecule has 1 aromatic carbocycles. The van der Waals surface area contributed by atoms with Crippen molar-refractivity contribution >= 4 is 0 Å². The van der Waals surface area contributed by atoms with Crippen LogP contribution in [0.3, 0.4) is 0 Å². The standard InChI is InChI=1S/C14H19FO3/c1-17-14-7-2-10(8-13(14)15)9-18-12-5-3-11(16)4-6-12/h2,7-8,11-12,16H,3-6,9H2,1H3. The molecule has 1 aromatic rings. The zero-order chi connectivity index (χ0) is 13.0. The van der Waals surface area contributed by atoms with Crippen LogP contribution in [0.25, 0.3) is 0 Å². The fourth-order valence-electron chi connectivity index (χ4n) is 2.23. The summed E-state index contributed by atoms with van der Waals surface area (Å²) >= 11 is 0. The van der Waals surface area contributed by atoms with Crippen LogP contribution in [0.2, 0.25) is 0 Å². The van der Waals surface area contributed by atoms with Gasteiger partial charge in [-0.15, -0.1) is 0 Å². The minimum atomic E-state index is -0.363. The summed E-state index contributed by atoms with van der Waals surface area (Å²) in [6, 6.07) is 4.86. The SMILES string of the molecule is COc1ccc(COC2CCC(O)CC2)cc1F. The molecule has 100 valence electrons. The van der Waals surface area contributed by atoms with Crippen LogP contribution in [0.1, 0.15) is 31.2 Å². The zero-order valence-corrected chi connectivity index (χ0v) is 10.6. The van der Waals surface area contributed by atoms with Gasteiger partial charge >= 0.3 is 0 Å². The minimum Gasteiger partial charge on any atom is -0.494 e. The van der Waals surface area contributed by atoms with Gasteiger partial charge in [-0.25, -0.2) is 4.39 Å². The van der Waals surface area contributed by atoms with E-state index in [0.717, 1.165) is 31.2 Å². The highest BCUT2D eigenvalue weighted by atomic mass is 19.1. The van der Waals surface area contributed by atoms with Gasteiger partial charge in [-0.2, -0.15) is 0 Å². The summed E-state index contributed by atoms with van der Waals surface area (Å²) in [5.41, 5.74) is 0.805. The molecule has 0 amide bonds. The minimum absolute atomic E-state index is 0.178. The number of rotatable bonds is 4. The van der Waals surface area contributed by atoms with Crippen molar-refractivity contribution in [3.8, 4) is 5.75 Å². The summed E-state index contributed by atoms with van der Waals surface area (Å²) in [6.45, 7) is 0.404. The van der Waals surface area contributed by atoms with Crippen molar-refractivity contribution in [3.05, 3.63) is 29.6 Å². The predicted molar refractivity (Wildman–Crippen MR) is 66.0 cm³/mol. The fourth-order valence-corrected chi connectivity index (χ4v) is 2.23. The highest BCUT2D eigenvalue weighted by molar-refractivity contribution is 5.28. The van der Waals surface area contributed by atoms with Gasteiger partial charge in [0.1, 0.15) is 0 Å². The molecule has 0 aliphatic heterocycles. The predicted octanol–water partition coefficient (Wildman–Crippen LogP) is 2.65. The fraction of sp³-hybridized carbons (Fsp3) is 0.571. The van der Waals surface area contributed by atoms with Crippen LogP contribution in [-0.2, 0) is 11.3 Å². The molecule has 0 aromatic heterocycles. The molecule has 18 heavy (non-hydrogen) atoms. The van der Waals surface area contributed by atoms with E-state index in [4.69, 9.17) is 9.47 Å². The maximum absolute atomic E-state index is 13.5. The van der Waals surface area contributed by atoms with E-state index in [9.17, 15) is 9.50 Å². The second kappa shape index (κ2) is 6.16. The highest BCUT2D eigenvalue weighted by Gasteiger charge is 2.19. The maximum atomic E-state index is 13.5. The zero-order valence-electron chi connectivity index (χ0n) is 10.6. The Morgan fingerprint density at radius 1 is 1.28 bits per heavy atom. The van der Waals surface area contributed by atoms with E-state index in [0.29, 0.717) is 6.61 Å². The van der Waals surface area contributed by atoms with Gasteiger partial charge in [-0.1, -0.05) is 6.07 Å². The van der Waals surface area contributed by atoms with Gasteiger partial charge in [-0.05, 0) is 43.4 Å². The topological polar surface area (TPSA) is 38.7 Å². The summed E-state index contributed by atoms with van der Waals surface area (Å²) in [5, 5.41) is 9.39. The smallest absolute Gasteiger partial charge is 0.165 e. The van der Waals surface area contributed by atoms with Crippen LogP contribution in [0.5, 0.6) is 5.75 Å². The lowest BCUT2D eigenvalue weighted by atomic mass is 9.95. The maximum Gasteiger partial charge on any atom is 0.165 e. The van der Waals surface area contributed by atoms with E-state index in [1.807, 2.05) is 0 Å². The molecule has 0 radical (unpaired) electrons. The lowest BCUT2D eigenvalue weighted by Gasteiger charge is -2.25. The summed E-state index contributed by atoms with van der Waals surface area (Å²) in [7, 11) is 1.45. The molecular formula is C14H19FO3. The van der Waals surface area contributed by atoms with E-state index in [-0.39, 0.29) is 23.8 Å². The lowest BCUT2D eigenvalue weighted by molar-refractivity contribution is -0.0119. The van der Waals surface area contributed by atoms with Gasteiger partial charge < -0.3 is 14.6 Å². The average molecular weight is 254 g/mol. The Morgan fingerprint density at radius 3 is 2.61 bits per heavy atom. The number of hydrogen-bond donors (Lipinski definition) is 1. The molecular weight excluding hydrogens is 235 g/mol. The van der Waals surface area contributed by atoms with E-state index in [1.54, 1.807) is 12.1 Å². The van der Waals surface area contributed by atoms with Crippen LogP contribution in [0.4, 0.5) is 4.39 Å². The molecule has 3 nitrogen and oxygen atoms in total. The van der Waals surface area contributed by atoms with Gasteiger partial charge in [0.05, 0.1) is 25.9 Å². The third-order valence-electron chi connectivity index (χ3n) is 3.35. The normalized spacial score (nSPS) is 23.9. The second-order valence-corrected chi connectivity index (χ2v) is 4.71. The van der Waals surface area contributed by atoms with E-state index in [1.165, 1.54) is 13.2 Å². The van der Waals surface area contributed by atoms with Crippen molar-refractivity contribution in [1.82, 2.24) is 0 Å². The first-order valence-electron chi connectivity index (χ1n) is 6.31. The first-order chi connectivity index (χ1) is 8.69. The van der Waals surface area contributed by atoms with Crippen LogP contribution in [-0.4, -0.2) is 24.4 Å². The van der Waals surface area contributed by atoms with E-state index >= 15 is 0 Å². The lowest BCUT2D eigenvalue weighted by Crippen LogP contribution is -2.24. The summed E-state index contributed by atoms with van der Waals surface area (Å²) in [5.74, 6) is -0.114. The first-order valence-corrected chi connectivity index (χ1v) is 6.31. The third-order valence-corrected chi connectivity index (χ3v) is 3.35. The van der Waals surface area contributed by atoms with Gasteiger partial charge in [0.2, 0.25) is 0 Å². The summed E-state index contributed by atoms with van der Waals surface area (Å²) in [4.78, 5) is 0. The molecule has 0 unspecified atom stereocenters. The van der Waals surface area contributed by atoms with Crippen LogP contribution in [0.15, 0.2) is 18.2 Å². The highest BCUT2D eigenvalue weighted by Crippen LogP contribution is 2.23. The summed E-state index contributed by atoms with van der Waals surface area (Å²) in [6.07, 6.45) is 3.34.